The number of nitrogens with one attached hydrogen (secondary N) is 1. The highest BCUT2D eigenvalue weighted by molar-refractivity contribution is 6.31. The molecule has 3 rings (SSSR count). The fourth-order valence-corrected chi connectivity index (χ4v) is 3.45. The number of carbonyl (C=O) groups is 1. The molecule has 1 fully saturated rings. The number of amides is 1. The highest BCUT2D eigenvalue weighted by Gasteiger charge is 2.34. The zero-order valence-electron chi connectivity index (χ0n) is 15.5. The van der Waals surface area contributed by atoms with E-state index in [1.165, 1.54) is 10.7 Å². The lowest BCUT2D eigenvalue weighted by Crippen LogP contribution is -2.17. The van der Waals surface area contributed by atoms with E-state index in [9.17, 15) is 14.4 Å². The van der Waals surface area contributed by atoms with Crippen LogP contribution in [0.5, 0.6) is 5.75 Å². The normalized spacial score (nSPS) is 17.0. The minimum Gasteiger partial charge on any atom is -0.493 e. The van der Waals surface area contributed by atoms with Crippen molar-refractivity contribution in [2.24, 2.45) is 0 Å². The van der Waals surface area contributed by atoms with Crippen molar-refractivity contribution in [3.63, 3.8) is 0 Å². The molecule has 1 amide bonds. The van der Waals surface area contributed by atoms with Gasteiger partial charge in [-0.15, -0.1) is 0 Å². The monoisotopic (exact) mass is 407 g/mol. The number of rotatable bonds is 5. The van der Waals surface area contributed by atoms with E-state index in [2.05, 4.69) is 10.4 Å². The van der Waals surface area contributed by atoms with Crippen molar-refractivity contribution in [1.82, 2.24) is 15.1 Å². The molecule has 2 aromatic rings. The van der Waals surface area contributed by atoms with Crippen molar-refractivity contribution in [3.05, 3.63) is 39.3 Å². The van der Waals surface area contributed by atoms with Crippen LogP contribution in [0.4, 0.5) is 15.0 Å². The molecule has 1 aromatic heterocycles. The van der Waals surface area contributed by atoms with Gasteiger partial charge in [0.2, 0.25) is 0 Å². The summed E-state index contributed by atoms with van der Waals surface area (Å²) in [5.41, 5.74) is 7.38. The number of ether oxygens (including phenoxy) is 2. The summed E-state index contributed by atoms with van der Waals surface area (Å²) >= 11 is 6.14. The van der Waals surface area contributed by atoms with Gasteiger partial charge in [0.25, 0.3) is 0 Å². The summed E-state index contributed by atoms with van der Waals surface area (Å²) in [7, 11) is 0. The zero-order valence-corrected chi connectivity index (χ0v) is 16.3. The smallest absolute Gasteiger partial charge is 0.407 e. The SMILES string of the molecule is CCOc1c(C(C)n2nc(C)c(C#N)c2N)cc(Cl)c(F)c1[C@@H]1CNC(=O)O1. The summed E-state index contributed by atoms with van der Waals surface area (Å²) in [4.78, 5) is 11.5. The van der Waals surface area contributed by atoms with E-state index in [1.807, 2.05) is 6.07 Å². The molecule has 8 nitrogen and oxygen atoms in total. The number of halogens is 2. The average molecular weight is 408 g/mol. The fraction of sp³-hybridized carbons (Fsp3) is 0.389. The van der Waals surface area contributed by atoms with Crippen LogP contribution in [0.3, 0.4) is 0 Å². The third-order valence-corrected chi connectivity index (χ3v) is 4.85. The Bertz CT molecular complexity index is 985. The van der Waals surface area contributed by atoms with E-state index < -0.39 is 24.1 Å². The topological polar surface area (TPSA) is 115 Å². The maximum Gasteiger partial charge on any atom is 0.407 e. The molecule has 0 aliphatic carbocycles. The van der Waals surface area contributed by atoms with Crippen molar-refractivity contribution in [2.75, 3.05) is 18.9 Å². The first kappa shape index (κ1) is 19.8. The van der Waals surface area contributed by atoms with E-state index in [0.29, 0.717) is 11.3 Å². The molecule has 1 saturated heterocycles. The molecular weight excluding hydrogens is 389 g/mol. The molecule has 28 heavy (non-hydrogen) atoms. The first-order valence-electron chi connectivity index (χ1n) is 8.63. The van der Waals surface area contributed by atoms with E-state index in [0.717, 1.165) is 0 Å². The Hall–Kier alpha value is -2.99. The Kier molecular flexibility index (Phi) is 5.34. The number of alkyl carbamates (subject to hydrolysis) is 1. The lowest BCUT2D eigenvalue weighted by atomic mass is 9.99. The maximum absolute atomic E-state index is 14.9. The Labute approximate surface area is 166 Å². The largest absolute Gasteiger partial charge is 0.493 e. The Balaban J connectivity index is 2.19. The molecule has 0 bridgehead atoms. The van der Waals surface area contributed by atoms with Gasteiger partial charge in [0.1, 0.15) is 23.2 Å². The van der Waals surface area contributed by atoms with Gasteiger partial charge in [-0.25, -0.2) is 13.9 Å². The Morgan fingerprint density at radius 2 is 2.36 bits per heavy atom. The number of hydrogen-bond donors (Lipinski definition) is 2. The summed E-state index contributed by atoms with van der Waals surface area (Å²) in [6, 6.07) is 2.93. The highest BCUT2D eigenvalue weighted by Crippen LogP contribution is 2.42. The number of nitriles is 1. The van der Waals surface area contributed by atoms with Gasteiger partial charge in [0.15, 0.2) is 11.9 Å². The van der Waals surface area contributed by atoms with Crippen LogP contribution in [0.1, 0.15) is 48.4 Å². The van der Waals surface area contributed by atoms with Gasteiger partial charge in [0.05, 0.1) is 35.5 Å². The number of aryl methyl sites for hydroxylation is 1. The molecule has 2 heterocycles. The van der Waals surface area contributed by atoms with Crippen molar-refractivity contribution in [1.29, 1.82) is 5.26 Å². The number of hydrogen-bond acceptors (Lipinski definition) is 6. The van der Waals surface area contributed by atoms with Crippen molar-refractivity contribution < 1.29 is 18.7 Å². The van der Waals surface area contributed by atoms with Gasteiger partial charge in [-0.1, -0.05) is 11.6 Å². The molecule has 2 atom stereocenters. The minimum atomic E-state index is -0.884. The van der Waals surface area contributed by atoms with Gasteiger partial charge in [-0.05, 0) is 26.8 Å². The molecule has 1 aliphatic heterocycles. The Morgan fingerprint density at radius 1 is 1.64 bits per heavy atom. The number of benzene rings is 1. The van der Waals surface area contributed by atoms with Crippen LogP contribution < -0.4 is 15.8 Å². The number of aromatic nitrogens is 2. The van der Waals surface area contributed by atoms with Crippen LogP contribution in [0.25, 0.3) is 0 Å². The molecule has 148 valence electrons. The number of carbonyl (C=O) groups excluding carboxylic acids is 1. The first-order chi connectivity index (χ1) is 13.3. The van der Waals surface area contributed by atoms with Crippen LogP contribution in [0, 0.1) is 24.1 Å². The predicted octanol–water partition coefficient (Wildman–Crippen LogP) is 3.23. The summed E-state index contributed by atoms with van der Waals surface area (Å²) < 4.78 is 27.2. The van der Waals surface area contributed by atoms with E-state index in [1.54, 1.807) is 20.8 Å². The first-order valence-corrected chi connectivity index (χ1v) is 9.01. The Morgan fingerprint density at radius 3 is 2.89 bits per heavy atom. The van der Waals surface area contributed by atoms with Crippen molar-refractivity contribution in [3.8, 4) is 11.8 Å². The standard InChI is InChI=1S/C18H19ClFN5O3/c1-4-27-16-10(9(3)25-17(22)11(6-21)8(2)24-25)5-12(19)15(20)14(16)13-7-23-18(26)28-13/h5,9,13H,4,7,22H2,1-3H3,(H,23,26)/t9?,13-/m0/s1. The third kappa shape index (κ3) is 3.20. The molecular formula is C18H19ClFN5O3. The second kappa shape index (κ2) is 7.56. The minimum absolute atomic E-state index is 0.0532. The summed E-state index contributed by atoms with van der Waals surface area (Å²) in [5.74, 6) is -0.319. The van der Waals surface area contributed by atoms with Crippen LogP contribution in [-0.4, -0.2) is 29.0 Å². The summed E-state index contributed by atoms with van der Waals surface area (Å²) in [6.45, 7) is 5.54. The molecule has 0 saturated carbocycles. The molecule has 10 heteroatoms. The van der Waals surface area contributed by atoms with Gasteiger partial charge in [0, 0.05) is 5.56 Å². The lowest BCUT2D eigenvalue weighted by molar-refractivity contribution is 0.137. The number of cyclic esters (lactones) is 1. The maximum atomic E-state index is 14.9. The van der Waals surface area contributed by atoms with Crippen LogP contribution in [0.15, 0.2) is 6.07 Å². The number of nitrogens with two attached hydrogens (primary N) is 1. The van der Waals surface area contributed by atoms with Crippen molar-refractivity contribution in [2.45, 2.75) is 32.9 Å². The van der Waals surface area contributed by atoms with Crippen LogP contribution in [0.2, 0.25) is 5.02 Å². The highest BCUT2D eigenvalue weighted by atomic mass is 35.5. The molecule has 0 spiro atoms. The van der Waals surface area contributed by atoms with Gasteiger partial charge in [-0.2, -0.15) is 10.4 Å². The quantitative estimate of drug-likeness (QED) is 0.786. The van der Waals surface area contributed by atoms with Gasteiger partial charge >= 0.3 is 6.09 Å². The van der Waals surface area contributed by atoms with E-state index in [4.69, 9.17) is 26.8 Å². The molecule has 3 N–H and O–H groups in total. The van der Waals surface area contributed by atoms with Gasteiger partial charge < -0.3 is 20.5 Å². The molecule has 0 radical (unpaired) electrons. The third-order valence-electron chi connectivity index (χ3n) is 4.58. The average Bonchev–Trinajstić information content (AvgIpc) is 3.20. The van der Waals surface area contributed by atoms with Crippen LogP contribution in [-0.2, 0) is 4.74 Å². The van der Waals surface area contributed by atoms with E-state index >= 15 is 0 Å². The van der Waals surface area contributed by atoms with Crippen molar-refractivity contribution >= 4 is 23.5 Å². The molecule has 1 unspecified atom stereocenters. The predicted molar refractivity (Wildman–Crippen MR) is 99.7 cm³/mol. The van der Waals surface area contributed by atoms with E-state index in [-0.39, 0.29) is 40.9 Å². The van der Waals surface area contributed by atoms with Gasteiger partial charge in [-0.3, -0.25) is 0 Å². The molecule has 1 aromatic carbocycles. The summed E-state index contributed by atoms with van der Waals surface area (Å²) in [5, 5.41) is 15.9. The second-order valence-corrected chi connectivity index (χ2v) is 6.70. The summed E-state index contributed by atoms with van der Waals surface area (Å²) in [6.07, 6.45) is -1.53. The molecule has 1 aliphatic rings. The fourth-order valence-electron chi connectivity index (χ4n) is 3.23. The number of nitrogen functional groups attached to an aromatic ring is 1. The second-order valence-electron chi connectivity index (χ2n) is 6.29. The number of anilines is 1. The lowest BCUT2D eigenvalue weighted by Gasteiger charge is -2.23. The number of nitrogens with zero attached hydrogens (tertiary/aromatic N) is 3. The van der Waals surface area contributed by atoms with Crippen LogP contribution >= 0.6 is 11.6 Å². The zero-order chi connectivity index (χ0) is 20.6.